The molecule has 2 saturated heterocycles. The zero-order valence-corrected chi connectivity index (χ0v) is 14.5. The molecular weight excluding hydrogens is 312 g/mol. The van der Waals surface area contributed by atoms with Crippen molar-refractivity contribution in [2.24, 2.45) is 11.7 Å². The van der Waals surface area contributed by atoms with Gasteiger partial charge in [0, 0.05) is 31.7 Å². The van der Waals surface area contributed by atoms with Crippen LogP contribution >= 0.6 is 12.4 Å². The summed E-state index contributed by atoms with van der Waals surface area (Å²) in [7, 11) is 0. The molecule has 2 fully saturated rings. The lowest BCUT2D eigenvalue weighted by atomic mass is 9.90. The molecule has 3 rings (SSSR count). The van der Waals surface area contributed by atoms with Crippen molar-refractivity contribution in [3.05, 3.63) is 35.9 Å². The summed E-state index contributed by atoms with van der Waals surface area (Å²) < 4.78 is 5.37. The van der Waals surface area contributed by atoms with Crippen LogP contribution in [0.15, 0.2) is 30.3 Å². The highest BCUT2D eigenvalue weighted by Crippen LogP contribution is 2.34. The first kappa shape index (κ1) is 18.2. The normalized spacial score (nSPS) is 26.6. The number of hydrogen-bond acceptors (Lipinski definition) is 3. The Hall–Kier alpha value is -1.10. The van der Waals surface area contributed by atoms with Crippen molar-refractivity contribution in [1.29, 1.82) is 0 Å². The fourth-order valence-corrected chi connectivity index (χ4v) is 3.86. The summed E-state index contributed by atoms with van der Waals surface area (Å²) in [5.74, 6) is 0.814. The van der Waals surface area contributed by atoms with Crippen molar-refractivity contribution in [3.8, 4) is 0 Å². The number of benzene rings is 1. The van der Waals surface area contributed by atoms with Gasteiger partial charge in [-0.3, -0.25) is 4.79 Å². The Kier molecular flexibility index (Phi) is 6.45. The molecule has 2 aliphatic heterocycles. The number of nitrogens with two attached hydrogens (primary N) is 1. The molecule has 0 radical (unpaired) electrons. The zero-order valence-electron chi connectivity index (χ0n) is 13.7. The van der Waals surface area contributed by atoms with Crippen LogP contribution in [-0.4, -0.2) is 42.6 Å². The van der Waals surface area contributed by atoms with Crippen LogP contribution in [0.3, 0.4) is 0 Å². The highest BCUT2D eigenvalue weighted by molar-refractivity contribution is 5.85. The van der Waals surface area contributed by atoms with E-state index < -0.39 is 0 Å². The molecule has 0 aromatic heterocycles. The third-order valence-electron chi connectivity index (χ3n) is 5.32. The van der Waals surface area contributed by atoms with Crippen LogP contribution in [0.5, 0.6) is 0 Å². The third kappa shape index (κ3) is 3.87. The standard InChI is InChI=1S/C18H26N2O2.ClH/c1-13-16(14-5-3-2-4-6-14)7-10-20(13)18(21)17(19)15-8-11-22-12-9-15;/h2-6,13,15-17H,7-12,19H2,1H3;1H. The number of carbonyl (C=O) groups excluding carboxylic acids is 1. The molecule has 128 valence electrons. The second-order valence-corrected chi connectivity index (χ2v) is 6.55. The first-order chi connectivity index (χ1) is 10.7. The lowest BCUT2D eigenvalue weighted by molar-refractivity contribution is -0.135. The second kappa shape index (κ2) is 8.13. The smallest absolute Gasteiger partial charge is 0.240 e. The van der Waals surface area contributed by atoms with Crippen LogP contribution in [-0.2, 0) is 9.53 Å². The van der Waals surface area contributed by atoms with E-state index in [4.69, 9.17) is 10.5 Å². The number of amides is 1. The highest BCUT2D eigenvalue weighted by Gasteiger charge is 2.38. The maximum atomic E-state index is 12.8. The van der Waals surface area contributed by atoms with Crippen LogP contribution in [0.4, 0.5) is 0 Å². The Bertz CT molecular complexity index is 505. The Balaban J connectivity index is 0.00000192. The van der Waals surface area contributed by atoms with Crippen molar-refractivity contribution in [2.45, 2.75) is 44.2 Å². The molecular formula is C18H27ClN2O2. The van der Waals surface area contributed by atoms with E-state index in [0.29, 0.717) is 5.92 Å². The molecule has 0 aliphatic carbocycles. The maximum Gasteiger partial charge on any atom is 0.240 e. The molecule has 3 atom stereocenters. The van der Waals surface area contributed by atoms with E-state index in [0.717, 1.165) is 39.0 Å². The van der Waals surface area contributed by atoms with Gasteiger partial charge in [0.25, 0.3) is 0 Å². The van der Waals surface area contributed by atoms with E-state index in [-0.39, 0.29) is 36.3 Å². The van der Waals surface area contributed by atoms with Gasteiger partial charge in [-0.1, -0.05) is 30.3 Å². The Morgan fingerprint density at radius 2 is 1.87 bits per heavy atom. The Labute approximate surface area is 144 Å². The summed E-state index contributed by atoms with van der Waals surface area (Å²) in [5.41, 5.74) is 7.60. The number of carbonyl (C=O) groups is 1. The van der Waals surface area contributed by atoms with Gasteiger partial charge in [-0.05, 0) is 37.7 Å². The highest BCUT2D eigenvalue weighted by atomic mass is 35.5. The zero-order chi connectivity index (χ0) is 15.5. The van der Waals surface area contributed by atoms with Crippen molar-refractivity contribution >= 4 is 18.3 Å². The summed E-state index contributed by atoms with van der Waals surface area (Å²) in [6.07, 6.45) is 2.83. The van der Waals surface area contributed by atoms with Crippen LogP contribution in [0.25, 0.3) is 0 Å². The number of nitrogens with zero attached hydrogens (tertiary/aromatic N) is 1. The van der Waals surface area contributed by atoms with Crippen LogP contribution < -0.4 is 5.73 Å². The second-order valence-electron chi connectivity index (χ2n) is 6.55. The Morgan fingerprint density at radius 3 is 2.52 bits per heavy atom. The van der Waals surface area contributed by atoms with Crippen molar-refractivity contribution in [1.82, 2.24) is 4.90 Å². The molecule has 2 heterocycles. The number of halogens is 1. The van der Waals surface area contributed by atoms with E-state index in [2.05, 4.69) is 31.2 Å². The summed E-state index contributed by atoms with van der Waals surface area (Å²) in [4.78, 5) is 14.8. The molecule has 23 heavy (non-hydrogen) atoms. The first-order valence-electron chi connectivity index (χ1n) is 8.37. The first-order valence-corrected chi connectivity index (χ1v) is 8.37. The molecule has 3 unspecified atom stereocenters. The predicted octanol–water partition coefficient (Wildman–Crippen LogP) is 2.57. The minimum Gasteiger partial charge on any atom is -0.381 e. The van der Waals surface area contributed by atoms with E-state index in [1.165, 1.54) is 5.56 Å². The maximum absolute atomic E-state index is 12.8. The number of rotatable bonds is 3. The summed E-state index contributed by atoms with van der Waals surface area (Å²) in [6, 6.07) is 10.3. The van der Waals surface area contributed by atoms with Gasteiger partial charge in [-0.15, -0.1) is 12.4 Å². The fourth-order valence-electron chi connectivity index (χ4n) is 3.86. The monoisotopic (exact) mass is 338 g/mol. The molecule has 0 saturated carbocycles. The fraction of sp³-hybridized carbons (Fsp3) is 0.611. The number of hydrogen-bond donors (Lipinski definition) is 1. The molecule has 2 N–H and O–H groups in total. The quantitative estimate of drug-likeness (QED) is 0.921. The molecule has 1 aromatic rings. The van der Waals surface area contributed by atoms with E-state index >= 15 is 0 Å². The molecule has 5 heteroatoms. The van der Waals surface area contributed by atoms with Crippen LogP contribution in [0, 0.1) is 5.92 Å². The van der Waals surface area contributed by atoms with Crippen LogP contribution in [0.1, 0.15) is 37.7 Å². The minimum atomic E-state index is -0.374. The average Bonchev–Trinajstić information content (AvgIpc) is 2.96. The van der Waals surface area contributed by atoms with Gasteiger partial charge in [-0.25, -0.2) is 0 Å². The lowest BCUT2D eigenvalue weighted by Crippen LogP contribution is -2.50. The van der Waals surface area contributed by atoms with E-state index in [9.17, 15) is 4.79 Å². The predicted molar refractivity (Wildman–Crippen MR) is 93.7 cm³/mol. The van der Waals surface area contributed by atoms with E-state index in [1.54, 1.807) is 0 Å². The topological polar surface area (TPSA) is 55.6 Å². The summed E-state index contributed by atoms with van der Waals surface area (Å²) in [5, 5.41) is 0. The molecule has 0 bridgehead atoms. The SMILES string of the molecule is CC1C(c2ccccc2)CCN1C(=O)C(N)C1CCOCC1.Cl. The molecule has 2 aliphatic rings. The number of ether oxygens (including phenoxy) is 1. The van der Waals surface area contributed by atoms with Crippen molar-refractivity contribution in [3.63, 3.8) is 0 Å². The van der Waals surface area contributed by atoms with Crippen molar-refractivity contribution < 1.29 is 9.53 Å². The van der Waals surface area contributed by atoms with Gasteiger partial charge in [0.05, 0.1) is 6.04 Å². The van der Waals surface area contributed by atoms with Crippen molar-refractivity contribution in [2.75, 3.05) is 19.8 Å². The minimum absolute atomic E-state index is 0. The average molecular weight is 339 g/mol. The van der Waals surface area contributed by atoms with Gasteiger partial charge in [0.2, 0.25) is 5.91 Å². The van der Waals surface area contributed by atoms with Gasteiger partial charge >= 0.3 is 0 Å². The molecule has 0 spiro atoms. The molecule has 1 amide bonds. The number of likely N-dealkylation sites (tertiary alicyclic amines) is 1. The van der Waals surface area contributed by atoms with Gasteiger partial charge in [0.1, 0.15) is 0 Å². The largest absolute Gasteiger partial charge is 0.381 e. The Morgan fingerprint density at radius 1 is 1.22 bits per heavy atom. The summed E-state index contributed by atoms with van der Waals surface area (Å²) >= 11 is 0. The third-order valence-corrected chi connectivity index (χ3v) is 5.32. The molecule has 4 nitrogen and oxygen atoms in total. The van der Waals surface area contributed by atoms with Gasteiger partial charge in [-0.2, -0.15) is 0 Å². The summed E-state index contributed by atoms with van der Waals surface area (Å²) in [6.45, 7) is 4.43. The van der Waals surface area contributed by atoms with Crippen LogP contribution in [0.2, 0.25) is 0 Å². The van der Waals surface area contributed by atoms with Gasteiger partial charge in [0.15, 0.2) is 0 Å². The molecule has 1 aromatic carbocycles. The van der Waals surface area contributed by atoms with Gasteiger partial charge < -0.3 is 15.4 Å². The lowest BCUT2D eigenvalue weighted by Gasteiger charge is -2.32. The van der Waals surface area contributed by atoms with E-state index in [1.807, 2.05) is 11.0 Å².